The third-order valence-electron chi connectivity index (χ3n) is 3.73. The molecule has 1 saturated carbocycles. The quantitative estimate of drug-likeness (QED) is 0.876. The Morgan fingerprint density at radius 3 is 3.00 bits per heavy atom. The Balaban J connectivity index is 1.79. The highest BCUT2D eigenvalue weighted by Gasteiger charge is 2.26. The molecule has 112 valence electrons. The lowest BCUT2D eigenvalue weighted by atomic mass is 9.95. The van der Waals surface area contributed by atoms with Gasteiger partial charge < -0.3 is 15.2 Å². The van der Waals surface area contributed by atoms with E-state index in [4.69, 9.17) is 0 Å². The number of urea groups is 1. The van der Waals surface area contributed by atoms with Gasteiger partial charge in [-0.2, -0.15) is 11.8 Å². The van der Waals surface area contributed by atoms with Gasteiger partial charge in [-0.1, -0.05) is 19.8 Å². The predicted octanol–water partition coefficient (Wildman–Crippen LogP) is 2.28. The van der Waals surface area contributed by atoms with E-state index in [0.717, 1.165) is 18.0 Å². The van der Waals surface area contributed by atoms with Crippen LogP contribution in [0.4, 0.5) is 4.79 Å². The number of hydrogen-bond donors (Lipinski definition) is 2. The average molecular weight is 296 g/mol. The number of carbonyl (C=O) groups is 1. The number of amides is 2. The number of carbonyl (C=O) groups excluding carboxylic acids is 1. The van der Waals surface area contributed by atoms with Crippen molar-refractivity contribution in [1.29, 1.82) is 0 Å². The third-order valence-corrected chi connectivity index (χ3v) is 5.05. The van der Waals surface area contributed by atoms with E-state index in [2.05, 4.69) is 22.5 Å². The number of thioether (sulfide) groups is 1. The maximum Gasteiger partial charge on any atom is 0.315 e. The molecule has 5 nitrogen and oxygen atoms in total. The van der Waals surface area contributed by atoms with Gasteiger partial charge in [-0.15, -0.1) is 0 Å². The van der Waals surface area contributed by atoms with Crippen molar-refractivity contribution >= 4 is 17.8 Å². The second-order valence-electron chi connectivity index (χ2n) is 5.17. The first-order chi connectivity index (χ1) is 9.70. The number of nitrogens with one attached hydrogen (secondary N) is 2. The van der Waals surface area contributed by atoms with Crippen LogP contribution in [-0.2, 0) is 13.6 Å². The molecule has 2 amide bonds. The number of imidazole rings is 1. The van der Waals surface area contributed by atoms with Crippen molar-refractivity contribution in [2.75, 3.05) is 5.75 Å². The van der Waals surface area contributed by atoms with Crippen molar-refractivity contribution in [2.45, 2.75) is 50.4 Å². The van der Waals surface area contributed by atoms with Gasteiger partial charge >= 0.3 is 6.03 Å². The fourth-order valence-electron chi connectivity index (χ4n) is 2.62. The molecule has 0 saturated heterocycles. The fraction of sp³-hybridized carbons (Fsp3) is 0.714. The van der Waals surface area contributed by atoms with Crippen LogP contribution >= 0.6 is 11.8 Å². The van der Waals surface area contributed by atoms with Crippen LogP contribution in [0.5, 0.6) is 0 Å². The summed E-state index contributed by atoms with van der Waals surface area (Å²) in [4.78, 5) is 16.2. The average Bonchev–Trinajstić information content (AvgIpc) is 2.84. The standard InChI is InChI=1S/C14H24N4OS/c1-3-20-12-7-5-4-6-11(12)17-14(19)16-10-13-15-8-9-18(13)2/h8-9,11-12H,3-7,10H2,1-2H3,(H2,16,17,19)/t11-,12+/m1/s1. The molecular weight excluding hydrogens is 272 g/mol. The molecule has 2 rings (SSSR count). The van der Waals surface area contributed by atoms with E-state index < -0.39 is 0 Å². The van der Waals surface area contributed by atoms with Crippen molar-refractivity contribution in [3.05, 3.63) is 18.2 Å². The second kappa shape index (κ2) is 7.57. The van der Waals surface area contributed by atoms with Crippen LogP contribution in [0.15, 0.2) is 12.4 Å². The number of nitrogens with zero attached hydrogens (tertiary/aromatic N) is 2. The van der Waals surface area contributed by atoms with Crippen molar-refractivity contribution in [3.63, 3.8) is 0 Å². The summed E-state index contributed by atoms with van der Waals surface area (Å²) in [5.41, 5.74) is 0. The zero-order chi connectivity index (χ0) is 14.4. The molecule has 0 radical (unpaired) electrons. The molecule has 6 heteroatoms. The Labute approximate surface area is 124 Å². The summed E-state index contributed by atoms with van der Waals surface area (Å²) < 4.78 is 1.91. The van der Waals surface area contributed by atoms with Crippen molar-refractivity contribution < 1.29 is 4.79 Å². The summed E-state index contributed by atoms with van der Waals surface area (Å²) >= 11 is 1.96. The zero-order valence-electron chi connectivity index (χ0n) is 12.3. The van der Waals surface area contributed by atoms with Gasteiger partial charge in [-0.05, 0) is 18.6 Å². The summed E-state index contributed by atoms with van der Waals surface area (Å²) in [6.07, 6.45) is 8.42. The van der Waals surface area contributed by atoms with E-state index in [1.54, 1.807) is 6.20 Å². The van der Waals surface area contributed by atoms with Crippen LogP contribution in [0.25, 0.3) is 0 Å². The lowest BCUT2D eigenvalue weighted by molar-refractivity contribution is 0.232. The van der Waals surface area contributed by atoms with E-state index in [-0.39, 0.29) is 6.03 Å². The minimum absolute atomic E-state index is 0.0818. The summed E-state index contributed by atoms with van der Waals surface area (Å²) in [7, 11) is 1.93. The number of aromatic nitrogens is 2. The van der Waals surface area contributed by atoms with Crippen molar-refractivity contribution in [1.82, 2.24) is 20.2 Å². The molecule has 1 fully saturated rings. The molecule has 1 aliphatic rings. The van der Waals surface area contributed by atoms with Gasteiger partial charge in [-0.3, -0.25) is 0 Å². The van der Waals surface area contributed by atoms with E-state index in [0.29, 0.717) is 17.8 Å². The zero-order valence-corrected chi connectivity index (χ0v) is 13.1. The van der Waals surface area contributed by atoms with Crippen LogP contribution in [0.1, 0.15) is 38.4 Å². The lowest BCUT2D eigenvalue weighted by Gasteiger charge is -2.31. The highest BCUT2D eigenvalue weighted by Crippen LogP contribution is 2.28. The molecule has 20 heavy (non-hydrogen) atoms. The Bertz CT molecular complexity index is 433. The minimum atomic E-state index is -0.0818. The molecule has 1 heterocycles. The fourth-order valence-corrected chi connectivity index (χ4v) is 3.82. The molecule has 1 aromatic heterocycles. The number of hydrogen-bond acceptors (Lipinski definition) is 3. The number of rotatable bonds is 5. The maximum absolute atomic E-state index is 12.0. The second-order valence-corrected chi connectivity index (χ2v) is 6.68. The summed E-state index contributed by atoms with van der Waals surface area (Å²) in [5.74, 6) is 1.97. The van der Waals surface area contributed by atoms with Gasteiger partial charge in [-0.25, -0.2) is 9.78 Å². The van der Waals surface area contributed by atoms with E-state index in [1.807, 2.05) is 29.6 Å². The summed E-state index contributed by atoms with van der Waals surface area (Å²) in [6.45, 7) is 2.64. The van der Waals surface area contributed by atoms with Gasteiger partial charge in [0.15, 0.2) is 0 Å². The molecule has 0 spiro atoms. The topological polar surface area (TPSA) is 59.0 Å². The summed E-state index contributed by atoms with van der Waals surface area (Å²) in [6, 6.07) is 0.219. The van der Waals surface area contributed by atoms with Gasteiger partial charge in [0.25, 0.3) is 0 Å². The maximum atomic E-state index is 12.0. The first kappa shape index (κ1) is 15.2. The molecule has 2 atom stereocenters. The highest BCUT2D eigenvalue weighted by molar-refractivity contribution is 7.99. The molecule has 0 bridgehead atoms. The van der Waals surface area contributed by atoms with E-state index in [9.17, 15) is 4.79 Å². The first-order valence-corrected chi connectivity index (χ1v) is 8.37. The van der Waals surface area contributed by atoms with Crippen LogP contribution in [-0.4, -0.2) is 32.6 Å². The number of aryl methyl sites for hydroxylation is 1. The molecule has 1 aliphatic carbocycles. The molecule has 0 aliphatic heterocycles. The smallest absolute Gasteiger partial charge is 0.315 e. The van der Waals surface area contributed by atoms with Gasteiger partial charge in [0.05, 0.1) is 6.54 Å². The van der Waals surface area contributed by atoms with Crippen LogP contribution in [0.3, 0.4) is 0 Å². The van der Waals surface area contributed by atoms with Crippen LogP contribution in [0.2, 0.25) is 0 Å². The van der Waals surface area contributed by atoms with Gasteiger partial charge in [0, 0.05) is 30.7 Å². The minimum Gasteiger partial charge on any atom is -0.337 e. The Morgan fingerprint density at radius 2 is 2.30 bits per heavy atom. The van der Waals surface area contributed by atoms with Gasteiger partial charge in [0.1, 0.15) is 5.82 Å². The molecule has 1 aromatic rings. The summed E-state index contributed by atoms with van der Waals surface area (Å²) in [5, 5.41) is 6.58. The predicted molar refractivity (Wildman–Crippen MR) is 82.8 cm³/mol. The largest absolute Gasteiger partial charge is 0.337 e. The monoisotopic (exact) mass is 296 g/mol. The molecule has 0 unspecified atom stereocenters. The van der Waals surface area contributed by atoms with E-state index >= 15 is 0 Å². The lowest BCUT2D eigenvalue weighted by Crippen LogP contribution is -2.48. The SMILES string of the molecule is CCS[C@H]1CCCC[C@H]1NC(=O)NCc1nccn1C. The molecular formula is C14H24N4OS. The Kier molecular flexibility index (Phi) is 5.76. The van der Waals surface area contributed by atoms with Crippen LogP contribution in [0, 0.1) is 0 Å². The first-order valence-electron chi connectivity index (χ1n) is 7.33. The third kappa shape index (κ3) is 4.16. The highest BCUT2D eigenvalue weighted by atomic mass is 32.2. The van der Waals surface area contributed by atoms with Crippen LogP contribution < -0.4 is 10.6 Å². The van der Waals surface area contributed by atoms with Crippen molar-refractivity contribution in [3.8, 4) is 0 Å². The molecule has 0 aromatic carbocycles. The Morgan fingerprint density at radius 1 is 1.50 bits per heavy atom. The van der Waals surface area contributed by atoms with E-state index in [1.165, 1.54) is 19.3 Å². The Hall–Kier alpha value is -1.17. The van der Waals surface area contributed by atoms with Gasteiger partial charge in [0.2, 0.25) is 0 Å². The van der Waals surface area contributed by atoms with Crippen molar-refractivity contribution in [2.24, 2.45) is 7.05 Å². The molecule has 2 N–H and O–H groups in total. The normalized spacial score (nSPS) is 22.5.